The van der Waals surface area contributed by atoms with Crippen LogP contribution in [0.2, 0.25) is 5.02 Å². The Morgan fingerprint density at radius 1 is 1.33 bits per heavy atom. The van der Waals surface area contributed by atoms with Gasteiger partial charge in [0.25, 0.3) is 0 Å². The van der Waals surface area contributed by atoms with E-state index < -0.39 is 0 Å². The zero-order valence-electron chi connectivity index (χ0n) is 7.64. The molecule has 0 saturated heterocycles. The minimum absolute atomic E-state index is 0.652. The van der Waals surface area contributed by atoms with Crippen LogP contribution in [0.1, 0.15) is 10.4 Å². The Balaban J connectivity index is 2.34. The van der Waals surface area contributed by atoms with Gasteiger partial charge in [0.15, 0.2) is 6.29 Å². The maximum atomic E-state index is 10.8. The van der Waals surface area contributed by atoms with Crippen molar-refractivity contribution < 1.29 is 4.79 Å². The summed E-state index contributed by atoms with van der Waals surface area (Å²) in [5.74, 6) is 0. The molecule has 2 rings (SSSR count). The van der Waals surface area contributed by atoms with Crippen molar-refractivity contribution in [1.29, 1.82) is 0 Å². The molecule has 4 heteroatoms. The molecule has 0 atom stereocenters. The van der Waals surface area contributed by atoms with Crippen LogP contribution in [-0.2, 0) is 0 Å². The zero-order valence-corrected chi connectivity index (χ0v) is 10.0. The number of thiophene rings is 1. The number of carbonyl (C=O) groups is 1. The number of hydrogen-bond acceptors (Lipinski definition) is 3. The first-order valence-electron chi connectivity index (χ1n) is 4.25. The molecule has 0 spiro atoms. The first kappa shape index (κ1) is 10.7. The predicted octanol–water partition coefficient (Wildman–Crippen LogP) is 4.37. The van der Waals surface area contributed by atoms with Crippen molar-refractivity contribution in [3.05, 3.63) is 46.3 Å². The van der Waals surface area contributed by atoms with E-state index in [9.17, 15) is 4.79 Å². The molecule has 0 saturated carbocycles. The molecule has 1 aromatic carbocycles. The van der Waals surface area contributed by atoms with Crippen LogP contribution < -0.4 is 0 Å². The predicted molar refractivity (Wildman–Crippen MR) is 65.3 cm³/mol. The fraction of sp³-hybridized carbons (Fsp3) is 0. The normalized spacial score (nSPS) is 10.2. The summed E-state index contributed by atoms with van der Waals surface area (Å²) in [7, 11) is 0. The summed E-state index contributed by atoms with van der Waals surface area (Å²) < 4.78 is 1.15. The summed E-state index contributed by atoms with van der Waals surface area (Å²) in [5.41, 5.74) is 0.679. The number of aldehydes is 1. The highest BCUT2D eigenvalue weighted by molar-refractivity contribution is 8.01. The lowest BCUT2D eigenvalue weighted by Crippen LogP contribution is -1.83. The van der Waals surface area contributed by atoms with Crippen molar-refractivity contribution in [1.82, 2.24) is 0 Å². The van der Waals surface area contributed by atoms with Gasteiger partial charge < -0.3 is 0 Å². The molecule has 0 fully saturated rings. The van der Waals surface area contributed by atoms with Gasteiger partial charge in [-0.3, -0.25) is 4.79 Å². The van der Waals surface area contributed by atoms with Crippen LogP contribution in [0.3, 0.4) is 0 Å². The SMILES string of the molecule is O=Cc1ccc(Cl)cc1Sc1cccs1. The average molecular weight is 255 g/mol. The maximum Gasteiger partial charge on any atom is 0.151 e. The molecule has 0 amide bonds. The van der Waals surface area contributed by atoms with Gasteiger partial charge in [-0.25, -0.2) is 0 Å². The monoisotopic (exact) mass is 254 g/mol. The van der Waals surface area contributed by atoms with Crippen molar-refractivity contribution >= 4 is 41.0 Å². The molecule has 15 heavy (non-hydrogen) atoms. The van der Waals surface area contributed by atoms with Crippen LogP contribution in [0.4, 0.5) is 0 Å². The first-order valence-corrected chi connectivity index (χ1v) is 6.33. The fourth-order valence-corrected chi connectivity index (χ4v) is 3.22. The second-order valence-electron chi connectivity index (χ2n) is 2.83. The molecule has 0 N–H and O–H groups in total. The smallest absolute Gasteiger partial charge is 0.151 e. The van der Waals surface area contributed by atoms with Gasteiger partial charge in [0, 0.05) is 15.5 Å². The molecule has 0 bridgehead atoms. The van der Waals surface area contributed by atoms with E-state index in [2.05, 4.69) is 0 Å². The van der Waals surface area contributed by atoms with Gasteiger partial charge in [-0.1, -0.05) is 29.4 Å². The largest absolute Gasteiger partial charge is 0.298 e. The van der Waals surface area contributed by atoms with Crippen LogP contribution in [0.5, 0.6) is 0 Å². The molecule has 1 heterocycles. The van der Waals surface area contributed by atoms with E-state index in [-0.39, 0.29) is 0 Å². The summed E-state index contributed by atoms with van der Waals surface area (Å²) >= 11 is 9.10. The van der Waals surface area contributed by atoms with Gasteiger partial charge in [-0.2, -0.15) is 0 Å². The van der Waals surface area contributed by atoms with Gasteiger partial charge in [-0.15, -0.1) is 11.3 Å². The molecule has 0 aliphatic rings. The second kappa shape index (κ2) is 4.84. The first-order chi connectivity index (χ1) is 7.29. The molecular weight excluding hydrogens is 248 g/mol. The number of hydrogen-bond donors (Lipinski definition) is 0. The van der Waals surface area contributed by atoms with Crippen molar-refractivity contribution in [2.45, 2.75) is 9.10 Å². The summed E-state index contributed by atoms with van der Waals surface area (Å²) in [6, 6.07) is 9.29. The van der Waals surface area contributed by atoms with E-state index in [1.54, 1.807) is 35.2 Å². The van der Waals surface area contributed by atoms with Gasteiger partial charge in [0.1, 0.15) is 0 Å². The minimum atomic E-state index is 0.652. The van der Waals surface area contributed by atoms with Crippen molar-refractivity contribution in [2.24, 2.45) is 0 Å². The third-order valence-corrected chi connectivity index (χ3v) is 4.15. The molecule has 76 valence electrons. The fourth-order valence-electron chi connectivity index (χ4n) is 1.12. The van der Waals surface area contributed by atoms with Crippen molar-refractivity contribution in [2.75, 3.05) is 0 Å². The quantitative estimate of drug-likeness (QED) is 0.757. The molecule has 0 aliphatic carbocycles. The molecule has 1 aromatic heterocycles. The number of rotatable bonds is 3. The summed E-state index contributed by atoms with van der Waals surface area (Å²) in [5, 5.41) is 2.66. The molecular formula is C11H7ClOS2. The Morgan fingerprint density at radius 3 is 2.87 bits per heavy atom. The van der Waals surface area contributed by atoms with Crippen LogP contribution in [0.25, 0.3) is 0 Å². The third kappa shape index (κ3) is 2.62. The van der Waals surface area contributed by atoms with E-state index in [1.807, 2.05) is 23.6 Å². The third-order valence-electron chi connectivity index (χ3n) is 1.81. The highest BCUT2D eigenvalue weighted by atomic mass is 35.5. The van der Waals surface area contributed by atoms with Gasteiger partial charge >= 0.3 is 0 Å². The Labute approximate surface area is 101 Å². The standard InChI is InChI=1S/C11H7ClOS2/c12-9-4-3-8(7-13)10(6-9)15-11-2-1-5-14-11/h1-7H. The molecule has 2 aromatic rings. The molecule has 0 unspecified atom stereocenters. The Hall–Kier alpha value is -0.770. The van der Waals surface area contributed by atoms with Crippen LogP contribution in [0.15, 0.2) is 44.8 Å². The van der Waals surface area contributed by atoms with Crippen LogP contribution in [-0.4, -0.2) is 6.29 Å². The van der Waals surface area contributed by atoms with Gasteiger partial charge in [0.05, 0.1) is 4.21 Å². The van der Waals surface area contributed by atoms with Crippen molar-refractivity contribution in [3.8, 4) is 0 Å². The lowest BCUT2D eigenvalue weighted by molar-refractivity contribution is 0.112. The van der Waals surface area contributed by atoms with E-state index in [4.69, 9.17) is 11.6 Å². The number of halogens is 1. The van der Waals surface area contributed by atoms with Crippen LogP contribution in [0, 0.1) is 0 Å². The zero-order chi connectivity index (χ0) is 10.7. The summed E-state index contributed by atoms with van der Waals surface area (Å²) in [6.45, 7) is 0. The van der Waals surface area contributed by atoms with E-state index >= 15 is 0 Å². The topological polar surface area (TPSA) is 17.1 Å². The highest BCUT2D eigenvalue weighted by Gasteiger charge is 2.05. The molecule has 1 nitrogen and oxygen atoms in total. The van der Waals surface area contributed by atoms with E-state index in [1.165, 1.54) is 0 Å². The number of benzene rings is 1. The lowest BCUT2D eigenvalue weighted by atomic mass is 10.2. The molecule has 0 radical (unpaired) electrons. The highest BCUT2D eigenvalue weighted by Crippen LogP contribution is 2.34. The number of carbonyl (C=O) groups excluding carboxylic acids is 1. The van der Waals surface area contributed by atoms with E-state index in [0.717, 1.165) is 15.4 Å². The minimum Gasteiger partial charge on any atom is -0.298 e. The Kier molecular flexibility index (Phi) is 3.46. The van der Waals surface area contributed by atoms with Crippen molar-refractivity contribution in [3.63, 3.8) is 0 Å². The lowest BCUT2D eigenvalue weighted by Gasteiger charge is -2.02. The van der Waals surface area contributed by atoms with E-state index in [0.29, 0.717) is 10.6 Å². The van der Waals surface area contributed by atoms with Gasteiger partial charge in [-0.05, 0) is 29.6 Å². The van der Waals surface area contributed by atoms with Gasteiger partial charge in [0.2, 0.25) is 0 Å². The Bertz CT molecular complexity index is 465. The average Bonchev–Trinajstić information content (AvgIpc) is 2.71. The maximum absolute atomic E-state index is 10.8. The summed E-state index contributed by atoms with van der Waals surface area (Å²) in [4.78, 5) is 11.7. The second-order valence-corrected chi connectivity index (χ2v) is 5.56. The molecule has 0 aliphatic heterocycles. The van der Waals surface area contributed by atoms with Crippen LogP contribution >= 0.6 is 34.7 Å². The Morgan fingerprint density at radius 2 is 2.20 bits per heavy atom. The summed E-state index contributed by atoms with van der Waals surface area (Å²) in [6.07, 6.45) is 0.853.